The number of furan rings is 1. The molecular formula is C56H41NO. The maximum absolute atomic E-state index is 7.19. The molecule has 0 fully saturated rings. The van der Waals surface area contributed by atoms with E-state index in [4.69, 9.17) is 4.42 Å². The van der Waals surface area contributed by atoms with Crippen LogP contribution in [0.25, 0.3) is 76.9 Å². The van der Waals surface area contributed by atoms with Gasteiger partial charge < -0.3 is 9.32 Å². The maximum atomic E-state index is 7.19. The van der Waals surface area contributed by atoms with E-state index >= 15 is 0 Å². The van der Waals surface area contributed by atoms with E-state index in [1.807, 2.05) is 0 Å². The van der Waals surface area contributed by atoms with Crippen LogP contribution >= 0.6 is 0 Å². The molecule has 0 radical (unpaired) electrons. The molecule has 0 N–H and O–H groups in total. The molecule has 12 rings (SSSR count). The Labute approximate surface area is 338 Å². The predicted molar refractivity (Wildman–Crippen MR) is 244 cm³/mol. The van der Waals surface area contributed by atoms with Crippen molar-refractivity contribution in [2.24, 2.45) is 0 Å². The van der Waals surface area contributed by atoms with Crippen molar-refractivity contribution in [2.75, 3.05) is 4.90 Å². The molecule has 2 heteroatoms. The highest BCUT2D eigenvalue weighted by molar-refractivity contribution is 6.19. The molecule has 2 nitrogen and oxygen atoms in total. The van der Waals surface area contributed by atoms with Gasteiger partial charge in [0.25, 0.3) is 0 Å². The molecule has 10 aromatic rings. The number of anilines is 3. The van der Waals surface area contributed by atoms with E-state index in [9.17, 15) is 0 Å². The molecule has 2 aliphatic carbocycles. The summed E-state index contributed by atoms with van der Waals surface area (Å²) in [6, 6.07) is 65.1. The summed E-state index contributed by atoms with van der Waals surface area (Å²) in [6.45, 7) is 9.40. The van der Waals surface area contributed by atoms with Crippen LogP contribution in [-0.4, -0.2) is 0 Å². The Balaban J connectivity index is 1.14. The van der Waals surface area contributed by atoms with Crippen LogP contribution in [0.3, 0.4) is 0 Å². The molecule has 9 aromatic carbocycles. The summed E-state index contributed by atoms with van der Waals surface area (Å²) in [7, 11) is 0. The van der Waals surface area contributed by atoms with Crippen LogP contribution in [0, 0.1) is 0 Å². The first-order chi connectivity index (χ1) is 28.3. The average molecular weight is 744 g/mol. The van der Waals surface area contributed by atoms with E-state index in [-0.39, 0.29) is 10.8 Å². The van der Waals surface area contributed by atoms with Crippen molar-refractivity contribution in [1.82, 2.24) is 0 Å². The van der Waals surface area contributed by atoms with Crippen molar-refractivity contribution < 1.29 is 4.42 Å². The zero-order valence-electron chi connectivity index (χ0n) is 33.1. The Hall–Kier alpha value is -6.90. The lowest BCUT2D eigenvalue weighted by Crippen LogP contribution is -2.16. The van der Waals surface area contributed by atoms with Crippen molar-refractivity contribution in [3.05, 3.63) is 198 Å². The molecule has 0 bridgehead atoms. The Morgan fingerprint density at radius 1 is 0.397 bits per heavy atom. The van der Waals surface area contributed by atoms with Crippen LogP contribution in [0.1, 0.15) is 49.9 Å². The minimum absolute atomic E-state index is 0.0585. The van der Waals surface area contributed by atoms with Gasteiger partial charge in [0.1, 0.15) is 5.58 Å². The number of benzene rings is 9. The number of nitrogens with zero attached hydrogens (tertiary/aromatic N) is 1. The number of hydrogen-bond acceptors (Lipinski definition) is 2. The van der Waals surface area contributed by atoms with Crippen molar-refractivity contribution >= 4 is 60.5 Å². The molecular weight excluding hydrogens is 703 g/mol. The van der Waals surface area contributed by atoms with Crippen LogP contribution in [0.15, 0.2) is 180 Å². The number of fused-ring (bicyclic) bond motifs is 11. The lowest BCUT2D eigenvalue weighted by atomic mass is 9.82. The minimum atomic E-state index is -0.142. The first-order valence-electron chi connectivity index (χ1n) is 20.4. The Bertz CT molecular complexity index is 3360. The summed E-state index contributed by atoms with van der Waals surface area (Å²) in [6.07, 6.45) is 0. The summed E-state index contributed by atoms with van der Waals surface area (Å²) >= 11 is 0. The Morgan fingerprint density at radius 3 is 1.71 bits per heavy atom. The highest BCUT2D eigenvalue weighted by Crippen LogP contribution is 2.54. The van der Waals surface area contributed by atoms with Gasteiger partial charge in [0.15, 0.2) is 5.58 Å². The van der Waals surface area contributed by atoms with Gasteiger partial charge >= 0.3 is 0 Å². The maximum Gasteiger partial charge on any atom is 0.160 e. The van der Waals surface area contributed by atoms with Crippen molar-refractivity contribution in [2.45, 2.75) is 38.5 Å². The zero-order chi connectivity index (χ0) is 38.9. The predicted octanol–water partition coefficient (Wildman–Crippen LogP) is 15.6. The van der Waals surface area contributed by atoms with Crippen LogP contribution < -0.4 is 4.90 Å². The van der Waals surface area contributed by atoms with E-state index in [2.05, 4.69) is 209 Å². The highest BCUT2D eigenvalue weighted by atomic mass is 16.3. The third-order valence-electron chi connectivity index (χ3n) is 13.4. The summed E-state index contributed by atoms with van der Waals surface area (Å²) < 4.78 is 7.19. The quantitative estimate of drug-likeness (QED) is 0.178. The fourth-order valence-electron chi connectivity index (χ4n) is 10.4. The Morgan fingerprint density at radius 2 is 0.948 bits per heavy atom. The number of hydrogen-bond donors (Lipinski definition) is 0. The normalized spacial score (nSPS) is 14.5. The molecule has 0 spiro atoms. The zero-order valence-corrected chi connectivity index (χ0v) is 33.1. The fraction of sp³-hybridized carbons (Fsp3) is 0.107. The van der Waals surface area contributed by atoms with Crippen LogP contribution in [0.5, 0.6) is 0 Å². The van der Waals surface area contributed by atoms with Crippen molar-refractivity contribution in [3.8, 4) is 33.4 Å². The van der Waals surface area contributed by atoms with Gasteiger partial charge in [-0.2, -0.15) is 0 Å². The molecule has 0 amide bonds. The molecule has 276 valence electrons. The first kappa shape index (κ1) is 33.3. The monoisotopic (exact) mass is 743 g/mol. The highest BCUT2D eigenvalue weighted by Gasteiger charge is 2.37. The lowest BCUT2D eigenvalue weighted by molar-refractivity contribution is 0.660. The third kappa shape index (κ3) is 4.60. The first-order valence-corrected chi connectivity index (χ1v) is 20.4. The van der Waals surface area contributed by atoms with E-state index in [1.165, 1.54) is 77.2 Å². The van der Waals surface area contributed by atoms with Gasteiger partial charge in [0.2, 0.25) is 0 Å². The molecule has 58 heavy (non-hydrogen) atoms. The molecule has 0 saturated carbocycles. The standard InChI is InChI=1S/C56H41NO/c1-55(2)48-20-12-10-18-43(48)45-31-38(22-27-49(45)55)41-26-28-51(54-53(41)46-30-36-15-7-8-16-37(36)32-52(46)58-54)57(39-23-21-34-13-5-6-14-35(34)29-39)40-24-25-44-42-17-9-11-19-47(42)56(3,4)50(44)33-40/h5-33H,1-4H3. The second-order valence-electron chi connectivity index (χ2n) is 17.3. The Kier molecular flexibility index (Phi) is 6.78. The molecule has 0 unspecified atom stereocenters. The van der Waals surface area contributed by atoms with E-state index in [1.54, 1.807) is 0 Å². The summed E-state index contributed by atoms with van der Waals surface area (Å²) in [5.74, 6) is 0. The molecule has 0 aliphatic heterocycles. The SMILES string of the molecule is CC1(C)c2ccccc2-c2cc(-c3ccc(N(c4ccc5c(c4)C(C)(C)c4ccccc4-5)c4ccc5ccccc5c4)c4oc5cc6ccccc6cc5c34)ccc21. The van der Waals surface area contributed by atoms with Gasteiger partial charge in [-0.1, -0.05) is 155 Å². The van der Waals surface area contributed by atoms with Crippen LogP contribution in [0.2, 0.25) is 0 Å². The molecule has 0 atom stereocenters. The molecule has 0 saturated heterocycles. The van der Waals surface area contributed by atoms with Gasteiger partial charge in [-0.3, -0.25) is 0 Å². The second-order valence-corrected chi connectivity index (χ2v) is 17.3. The van der Waals surface area contributed by atoms with Gasteiger partial charge in [-0.25, -0.2) is 0 Å². The summed E-state index contributed by atoms with van der Waals surface area (Å²) in [5, 5.41) is 7.03. The third-order valence-corrected chi connectivity index (χ3v) is 13.4. The summed E-state index contributed by atoms with van der Waals surface area (Å²) in [5.41, 5.74) is 17.8. The lowest BCUT2D eigenvalue weighted by Gasteiger charge is -2.28. The van der Waals surface area contributed by atoms with E-state index in [0.29, 0.717) is 0 Å². The topological polar surface area (TPSA) is 16.4 Å². The van der Waals surface area contributed by atoms with Crippen molar-refractivity contribution in [3.63, 3.8) is 0 Å². The smallest absolute Gasteiger partial charge is 0.160 e. The molecule has 1 heterocycles. The molecule has 2 aliphatic rings. The average Bonchev–Trinajstić information content (AvgIpc) is 3.82. The van der Waals surface area contributed by atoms with E-state index < -0.39 is 0 Å². The van der Waals surface area contributed by atoms with E-state index in [0.717, 1.165) is 39.0 Å². The largest absolute Gasteiger partial charge is 0.454 e. The molecule has 1 aromatic heterocycles. The van der Waals surface area contributed by atoms with Crippen molar-refractivity contribution in [1.29, 1.82) is 0 Å². The minimum Gasteiger partial charge on any atom is -0.454 e. The fourth-order valence-corrected chi connectivity index (χ4v) is 10.4. The van der Waals surface area contributed by atoms with Crippen LogP contribution in [0.4, 0.5) is 17.1 Å². The summed E-state index contributed by atoms with van der Waals surface area (Å²) in [4.78, 5) is 2.42. The number of rotatable bonds is 4. The van der Waals surface area contributed by atoms with Crippen LogP contribution in [-0.2, 0) is 10.8 Å². The van der Waals surface area contributed by atoms with Gasteiger partial charge in [-0.05, 0) is 126 Å². The van der Waals surface area contributed by atoms with Gasteiger partial charge in [-0.15, -0.1) is 0 Å². The van der Waals surface area contributed by atoms with Gasteiger partial charge in [0.05, 0.1) is 5.69 Å². The second kappa shape index (κ2) is 11.8. The van der Waals surface area contributed by atoms with Gasteiger partial charge in [0, 0.05) is 33.0 Å².